The van der Waals surface area contributed by atoms with Crippen LogP contribution in [0.2, 0.25) is 0 Å². The predicted octanol–water partition coefficient (Wildman–Crippen LogP) is 1.92. The second-order valence-electron chi connectivity index (χ2n) is 3.32. The Hall–Kier alpha value is -1.31. The molecule has 0 aliphatic rings. The van der Waals surface area contributed by atoms with Gasteiger partial charge in [0.1, 0.15) is 0 Å². The molecule has 3 nitrogen and oxygen atoms in total. The fourth-order valence-electron chi connectivity index (χ4n) is 1.18. The third-order valence-corrected chi connectivity index (χ3v) is 2.84. The van der Waals surface area contributed by atoms with Crippen LogP contribution in [0.5, 0.6) is 0 Å². The molecule has 0 heterocycles. The highest BCUT2D eigenvalue weighted by Crippen LogP contribution is 2.19. The van der Waals surface area contributed by atoms with Crippen molar-refractivity contribution in [2.45, 2.75) is 6.92 Å². The Morgan fingerprint density at radius 3 is 2.94 bits per heavy atom. The summed E-state index contributed by atoms with van der Waals surface area (Å²) in [5, 5.41) is 5.60. The molecule has 0 radical (unpaired) electrons. The molecule has 16 heavy (non-hydrogen) atoms. The van der Waals surface area contributed by atoms with Crippen LogP contribution in [0.4, 0.5) is 5.69 Å². The van der Waals surface area contributed by atoms with Gasteiger partial charge in [0.05, 0.1) is 13.1 Å². The van der Waals surface area contributed by atoms with Crippen LogP contribution in [0, 0.1) is 19.3 Å². The van der Waals surface area contributed by atoms with Crippen LogP contribution in [0.3, 0.4) is 0 Å². The van der Waals surface area contributed by atoms with Gasteiger partial charge in [0.25, 0.3) is 0 Å². The molecule has 0 fully saturated rings. The zero-order valence-electron chi connectivity index (χ0n) is 9.01. The molecule has 0 atom stereocenters. The van der Waals surface area contributed by atoms with Crippen LogP contribution in [-0.4, -0.2) is 19.0 Å². The number of rotatable bonds is 4. The molecule has 0 aliphatic carbocycles. The summed E-state index contributed by atoms with van der Waals surface area (Å²) in [6.45, 7) is 2.59. The van der Waals surface area contributed by atoms with Gasteiger partial charge in [-0.05, 0) is 30.7 Å². The van der Waals surface area contributed by atoms with E-state index in [1.54, 1.807) is 0 Å². The van der Waals surface area contributed by atoms with E-state index in [0.29, 0.717) is 6.54 Å². The summed E-state index contributed by atoms with van der Waals surface area (Å²) in [5.41, 5.74) is 1.86. The summed E-state index contributed by atoms with van der Waals surface area (Å²) in [7, 11) is 0. The summed E-state index contributed by atoms with van der Waals surface area (Å²) in [6, 6.07) is 5.65. The van der Waals surface area contributed by atoms with Gasteiger partial charge in [-0.2, -0.15) is 0 Å². The van der Waals surface area contributed by atoms with Gasteiger partial charge in [-0.25, -0.2) is 0 Å². The molecule has 1 aromatic rings. The molecule has 84 valence electrons. The van der Waals surface area contributed by atoms with E-state index < -0.39 is 0 Å². The normalized spacial score (nSPS) is 9.56. The number of carbonyl (C=O) groups excluding carboxylic acids is 1. The number of hydrogen-bond acceptors (Lipinski definition) is 2. The Morgan fingerprint density at radius 2 is 2.31 bits per heavy atom. The van der Waals surface area contributed by atoms with E-state index in [1.165, 1.54) is 0 Å². The van der Waals surface area contributed by atoms with E-state index >= 15 is 0 Å². The molecule has 0 saturated carbocycles. The number of benzene rings is 1. The summed E-state index contributed by atoms with van der Waals surface area (Å²) in [6.07, 6.45) is 5.05. The largest absolute Gasteiger partial charge is 0.325 e. The molecule has 1 amide bonds. The van der Waals surface area contributed by atoms with Crippen molar-refractivity contribution < 1.29 is 4.79 Å². The van der Waals surface area contributed by atoms with Crippen LogP contribution in [0.25, 0.3) is 0 Å². The monoisotopic (exact) mass is 280 g/mol. The average Bonchev–Trinajstić information content (AvgIpc) is 2.24. The third kappa shape index (κ3) is 4.05. The highest BCUT2D eigenvalue weighted by Gasteiger charge is 2.02. The van der Waals surface area contributed by atoms with Crippen molar-refractivity contribution in [1.82, 2.24) is 5.32 Å². The van der Waals surface area contributed by atoms with Crippen LogP contribution in [-0.2, 0) is 4.79 Å². The highest BCUT2D eigenvalue weighted by atomic mass is 79.9. The minimum atomic E-state index is -0.100. The maximum Gasteiger partial charge on any atom is 0.238 e. The van der Waals surface area contributed by atoms with E-state index in [0.717, 1.165) is 15.7 Å². The minimum absolute atomic E-state index is 0.100. The molecule has 0 unspecified atom stereocenters. The molecule has 4 heteroatoms. The fraction of sp³-hybridized carbons (Fsp3) is 0.250. The lowest BCUT2D eigenvalue weighted by molar-refractivity contribution is -0.115. The molecule has 0 saturated heterocycles. The van der Waals surface area contributed by atoms with Crippen molar-refractivity contribution in [2.75, 3.05) is 18.4 Å². The zero-order chi connectivity index (χ0) is 12.0. The summed E-state index contributed by atoms with van der Waals surface area (Å²) < 4.78 is 1.02. The molecule has 1 rings (SSSR count). The van der Waals surface area contributed by atoms with Crippen LogP contribution in [0.15, 0.2) is 22.7 Å². The Labute approximate surface area is 104 Å². The minimum Gasteiger partial charge on any atom is -0.325 e. The highest BCUT2D eigenvalue weighted by molar-refractivity contribution is 9.10. The Bertz CT molecular complexity index is 424. The average molecular weight is 281 g/mol. The second kappa shape index (κ2) is 6.31. The van der Waals surface area contributed by atoms with E-state index in [1.807, 2.05) is 25.1 Å². The summed E-state index contributed by atoms with van der Waals surface area (Å²) in [4.78, 5) is 11.4. The van der Waals surface area contributed by atoms with Gasteiger partial charge in [-0.1, -0.05) is 21.9 Å². The first kappa shape index (κ1) is 12.8. The van der Waals surface area contributed by atoms with Gasteiger partial charge >= 0.3 is 0 Å². The zero-order valence-corrected chi connectivity index (χ0v) is 10.6. The molecule has 0 aliphatic heterocycles. The Balaban J connectivity index is 2.50. The van der Waals surface area contributed by atoms with Crippen LogP contribution >= 0.6 is 15.9 Å². The van der Waals surface area contributed by atoms with Gasteiger partial charge in [0.15, 0.2) is 0 Å². The Morgan fingerprint density at radius 1 is 1.56 bits per heavy atom. The molecular formula is C12H13BrN2O. The molecule has 0 spiro atoms. The quantitative estimate of drug-likeness (QED) is 0.654. The number of carbonyl (C=O) groups is 1. The van der Waals surface area contributed by atoms with E-state index in [2.05, 4.69) is 32.5 Å². The third-order valence-electron chi connectivity index (χ3n) is 1.95. The lowest BCUT2D eigenvalue weighted by Gasteiger charge is -2.07. The maximum absolute atomic E-state index is 11.4. The standard InChI is InChI=1S/C12H13BrN2O/c1-3-6-14-8-12(16)15-10-4-5-11(13)9(2)7-10/h1,4-5,7,14H,6,8H2,2H3,(H,15,16). The first-order chi connectivity index (χ1) is 7.63. The lowest BCUT2D eigenvalue weighted by atomic mass is 10.2. The van der Waals surface area contributed by atoms with Gasteiger partial charge in [0.2, 0.25) is 5.91 Å². The molecular weight excluding hydrogens is 268 g/mol. The number of aryl methyl sites for hydroxylation is 1. The van der Waals surface area contributed by atoms with E-state index in [9.17, 15) is 4.79 Å². The van der Waals surface area contributed by atoms with Crippen molar-refractivity contribution >= 4 is 27.5 Å². The lowest BCUT2D eigenvalue weighted by Crippen LogP contribution is -2.28. The SMILES string of the molecule is C#CCNCC(=O)Nc1ccc(Br)c(C)c1. The molecule has 2 N–H and O–H groups in total. The topological polar surface area (TPSA) is 41.1 Å². The number of terminal acetylenes is 1. The smallest absolute Gasteiger partial charge is 0.238 e. The van der Waals surface area contributed by atoms with E-state index in [4.69, 9.17) is 6.42 Å². The number of halogens is 1. The number of nitrogens with one attached hydrogen (secondary N) is 2. The van der Waals surface area contributed by atoms with Crippen LogP contribution in [0.1, 0.15) is 5.56 Å². The maximum atomic E-state index is 11.4. The van der Waals surface area contributed by atoms with Gasteiger partial charge in [0, 0.05) is 10.2 Å². The summed E-state index contributed by atoms with van der Waals surface area (Å²) >= 11 is 3.40. The second-order valence-corrected chi connectivity index (χ2v) is 4.17. The number of hydrogen-bond donors (Lipinski definition) is 2. The number of amides is 1. The van der Waals surface area contributed by atoms with Gasteiger partial charge < -0.3 is 5.32 Å². The van der Waals surface area contributed by atoms with E-state index in [-0.39, 0.29) is 12.5 Å². The van der Waals surface area contributed by atoms with Gasteiger partial charge in [-0.3, -0.25) is 10.1 Å². The Kier molecular flexibility index (Phi) is 5.03. The molecule has 0 aromatic heterocycles. The predicted molar refractivity (Wildman–Crippen MR) is 69.2 cm³/mol. The van der Waals surface area contributed by atoms with Crippen molar-refractivity contribution in [2.24, 2.45) is 0 Å². The fourth-order valence-corrected chi connectivity index (χ4v) is 1.42. The first-order valence-electron chi connectivity index (χ1n) is 4.83. The molecule has 0 bridgehead atoms. The molecule has 1 aromatic carbocycles. The van der Waals surface area contributed by atoms with Crippen molar-refractivity contribution in [3.63, 3.8) is 0 Å². The number of anilines is 1. The first-order valence-corrected chi connectivity index (χ1v) is 5.63. The van der Waals surface area contributed by atoms with Crippen molar-refractivity contribution in [3.05, 3.63) is 28.2 Å². The van der Waals surface area contributed by atoms with Gasteiger partial charge in [-0.15, -0.1) is 6.42 Å². The van der Waals surface area contributed by atoms with Crippen molar-refractivity contribution in [1.29, 1.82) is 0 Å². The van der Waals surface area contributed by atoms with Crippen molar-refractivity contribution in [3.8, 4) is 12.3 Å². The van der Waals surface area contributed by atoms with Crippen LogP contribution < -0.4 is 10.6 Å². The summed E-state index contributed by atoms with van der Waals surface area (Å²) in [5.74, 6) is 2.31.